The number of carbonyl (C=O) groups is 1. The summed E-state index contributed by atoms with van der Waals surface area (Å²) in [6.07, 6.45) is 3.22. The van der Waals surface area contributed by atoms with Crippen molar-refractivity contribution in [2.75, 3.05) is 10.0 Å². The van der Waals surface area contributed by atoms with Crippen LogP contribution in [0.1, 0.15) is 18.9 Å². The zero-order valence-electron chi connectivity index (χ0n) is 14.3. The highest BCUT2D eigenvalue weighted by Crippen LogP contribution is 2.28. The van der Waals surface area contributed by atoms with Gasteiger partial charge in [0.05, 0.1) is 22.5 Å². The van der Waals surface area contributed by atoms with Gasteiger partial charge in [0.25, 0.3) is 10.0 Å². The topological polar surface area (TPSA) is 80.2 Å². The number of rotatable bonds is 5. The lowest BCUT2D eigenvalue weighted by molar-refractivity contribution is -0.115. The number of hydrogen-bond acceptors (Lipinski definition) is 3. The first-order chi connectivity index (χ1) is 12.5. The van der Waals surface area contributed by atoms with Crippen LogP contribution in [-0.2, 0) is 27.8 Å². The van der Waals surface area contributed by atoms with E-state index in [1.165, 1.54) is 6.07 Å². The second kappa shape index (κ2) is 6.17. The second-order valence-corrected chi connectivity index (χ2v) is 8.11. The first-order valence-electron chi connectivity index (χ1n) is 8.51. The summed E-state index contributed by atoms with van der Waals surface area (Å²) < 4.78 is 30.2. The Bertz CT molecular complexity index is 1120. The predicted octanol–water partition coefficient (Wildman–Crippen LogP) is 3.35. The Morgan fingerprint density at radius 2 is 2.00 bits per heavy atom. The lowest BCUT2D eigenvalue weighted by Crippen LogP contribution is -2.13. The molecule has 3 aromatic rings. The SMILES string of the molecule is CCCn1ccc2ccc(NS(=O)(=O)c3ccc4c(c3)CC(=O)N4)cc21. The Hall–Kier alpha value is -2.80. The van der Waals surface area contributed by atoms with Crippen molar-refractivity contribution >= 4 is 38.2 Å². The molecule has 26 heavy (non-hydrogen) atoms. The van der Waals surface area contributed by atoms with Gasteiger partial charge in [-0.3, -0.25) is 9.52 Å². The van der Waals surface area contributed by atoms with Crippen LogP contribution in [0, 0.1) is 0 Å². The first-order valence-corrected chi connectivity index (χ1v) is 9.99. The highest BCUT2D eigenvalue weighted by atomic mass is 32.2. The Balaban J connectivity index is 1.66. The molecule has 134 valence electrons. The predicted molar refractivity (Wildman–Crippen MR) is 102 cm³/mol. The minimum Gasteiger partial charge on any atom is -0.347 e. The summed E-state index contributed by atoms with van der Waals surface area (Å²) >= 11 is 0. The molecule has 2 heterocycles. The third-order valence-electron chi connectivity index (χ3n) is 4.50. The molecule has 2 aromatic carbocycles. The van der Waals surface area contributed by atoms with Crippen molar-refractivity contribution in [3.8, 4) is 0 Å². The van der Waals surface area contributed by atoms with Crippen LogP contribution in [0.25, 0.3) is 10.9 Å². The fourth-order valence-corrected chi connectivity index (χ4v) is 4.37. The summed E-state index contributed by atoms with van der Waals surface area (Å²) in [4.78, 5) is 11.6. The van der Waals surface area contributed by atoms with Gasteiger partial charge in [-0.25, -0.2) is 8.42 Å². The zero-order valence-corrected chi connectivity index (χ0v) is 15.1. The quantitative estimate of drug-likeness (QED) is 0.724. The van der Waals surface area contributed by atoms with Crippen LogP contribution >= 0.6 is 0 Å². The Morgan fingerprint density at radius 3 is 2.81 bits per heavy atom. The van der Waals surface area contributed by atoms with Gasteiger partial charge in [-0.05, 0) is 53.8 Å². The van der Waals surface area contributed by atoms with E-state index >= 15 is 0 Å². The smallest absolute Gasteiger partial charge is 0.261 e. The molecule has 0 saturated heterocycles. The summed E-state index contributed by atoms with van der Waals surface area (Å²) in [5, 5.41) is 3.78. The van der Waals surface area contributed by atoms with Crippen molar-refractivity contribution in [3.05, 3.63) is 54.2 Å². The molecule has 1 aliphatic rings. The molecule has 0 radical (unpaired) electrons. The van der Waals surface area contributed by atoms with Gasteiger partial charge in [-0.2, -0.15) is 0 Å². The van der Waals surface area contributed by atoms with Crippen LogP contribution in [0.5, 0.6) is 0 Å². The number of hydrogen-bond donors (Lipinski definition) is 2. The van der Waals surface area contributed by atoms with Crippen LogP contribution in [-0.4, -0.2) is 18.9 Å². The van der Waals surface area contributed by atoms with Crippen LogP contribution < -0.4 is 10.0 Å². The molecule has 6 nitrogen and oxygen atoms in total. The van der Waals surface area contributed by atoms with Crippen molar-refractivity contribution in [1.82, 2.24) is 4.57 Å². The molecule has 0 atom stereocenters. The van der Waals surface area contributed by atoms with E-state index in [4.69, 9.17) is 0 Å². The molecular formula is C19H19N3O3S. The lowest BCUT2D eigenvalue weighted by atomic mass is 10.2. The van der Waals surface area contributed by atoms with Gasteiger partial charge >= 0.3 is 0 Å². The van der Waals surface area contributed by atoms with Crippen LogP contribution in [0.3, 0.4) is 0 Å². The van der Waals surface area contributed by atoms with E-state index in [2.05, 4.69) is 21.5 Å². The maximum absolute atomic E-state index is 12.7. The number of fused-ring (bicyclic) bond motifs is 2. The van der Waals surface area contributed by atoms with Crippen molar-refractivity contribution in [2.45, 2.75) is 31.2 Å². The molecule has 2 N–H and O–H groups in total. The molecule has 0 bridgehead atoms. The molecule has 7 heteroatoms. The number of nitrogens with one attached hydrogen (secondary N) is 2. The zero-order chi connectivity index (χ0) is 18.3. The largest absolute Gasteiger partial charge is 0.347 e. The molecule has 0 fully saturated rings. The average Bonchev–Trinajstić information content (AvgIpc) is 3.16. The summed E-state index contributed by atoms with van der Waals surface area (Å²) in [5.74, 6) is -0.121. The average molecular weight is 369 g/mol. The number of aromatic nitrogens is 1. The van der Waals surface area contributed by atoms with E-state index in [9.17, 15) is 13.2 Å². The van der Waals surface area contributed by atoms with E-state index < -0.39 is 10.0 Å². The number of nitrogens with zero attached hydrogens (tertiary/aromatic N) is 1. The molecular weight excluding hydrogens is 350 g/mol. The minimum absolute atomic E-state index is 0.121. The van der Waals surface area contributed by atoms with E-state index in [-0.39, 0.29) is 17.2 Å². The van der Waals surface area contributed by atoms with E-state index in [1.807, 2.05) is 24.4 Å². The number of anilines is 2. The van der Waals surface area contributed by atoms with Gasteiger partial charge in [0.1, 0.15) is 0 Å². The molecule has 1 aromatic heterocycles. The van der Waals surface area contributed by atoms with Crippen molar-refractivity contribution in [1.29, 1.82) is 0 Å². The first kappa shape index (κ1) is 16.7. The highest BCUT2D eigenvalue weighted by molar-refractivity contribution is 7.92. The normalized spacial score (nSPS) is 13.7. The number of sulfonamides is 1. The van der Waals surface area contributed by atoms with Gasteiger partial charge in [0.2, 0.25) is 5.91 Å². The summed E-state index contributed by atoms with van der Waals surface area (Å²) in [6.45, 7) is 2.98. The summed E-state index contributed by atoms with van der Waals surface area (Å²) in [6, 6.07) is 12.2. The van der Waals surface area contributed by atoms with Crippen LogP contribution in [0.2, 0.25) is 0 Å². The lowest BCUT2D eigenvalue weighted by Gasteiger charge is -2.10. The van der Waals surface area contributed by atoms with E-state index in [0.29, 0.717) is 16.9 Å². The number of carbonyl (C=O) groups excluding carboxylic acids is 1. The Labute approximate surface area is 151 Å². The second-order valence-electron chi connectivity index (χ2n) is 6.43. The number of benzene rings is 2. The highest BCUT2D eigenvalue weighted by Gasteiger charge is 2.22. The van der Waals surface area contributed by atoms with Crippen molar-refractivity contribution in [2.24, 2.45) is 0 Å². The van der Waals surface area contributed by atoms with Crippen molar-refractivity contribution < 1.29 is 13.2 Å². The van der Waals surface area contributed by atoms with Crippen LogP contribution in [0.4, 0.5) is 11.4 Å². The van der Waals surface area contributed by atoms with Gasteiger partial charge < -0.3 is 9.88 Å². The fraction of sp³-hybridized carbons (Fsp3) is 0.211. The third kappa shape index (κ3) is 2.94. The number of amides is 1. The molecule has 0 spiro atoms. The van der Waals surface area contributed by atoms with Crippen molar-refractivity contribution in [3.63, 3.8) is 0 Å². The van der Waals surface area contributed by atoms with Crippen LogP contribution in [0.15, 0.2) is 53.6 Å². The maximum Gasteiger partial charge on any atom is 0.261 e. The molecule has 0 aliphatic carbocycles. The molecule has 1 amide bonds. The van der Waals surface area contributed by atoms with Gasteiger partial charge in [-0.15, -0.1) is 0 Å². The summed E-state index contributed by atoms with van der Waals surface area (Å²) in [5.41, 5.74) is 2.89. The third-order valence-corrected chi connectivity index (χ3v) is 5.88. The summed E-state index contributed by atoms with van der Waals surface area (Å²) in [7, 11) is -3.73. The Kier molecular flexibility index (Phi) is 3.96. The number of aryl methyl sites for hydroxylation is 1. The molecule has 0 saturated carbocycles. The minimum atomic E-state index is -3.73. The maximum atomic E-state index is 12.7. The van der Waals surface area contributed by atoms with Gasteiger partial charge in [-0.1, -0.05) is 13.0 Å². The monoisotopic (exact) mass is 369 g/mol. The van der Waals surface area contributed by atoms with E-state index in [1.54, 1.807) is 18.2 Å². The fourth-order valence-electron chi connectivity index (χ4n) is 3.27. The Morgan fingerprint density at radius 1 is 1.15 bits per heavy atom. The molecule has 1 aliphatic heterocycles. The van der Waals surface area contributed by atoms with Gasteiger partial charge in [0, 0.05) is 18.4 Å². The molecule has 4 rings (SSSR count). The standard InChI is InChI=1S/C19H19N3O3S/c1-2-8-22-9-7-13-3-4-15(12-18(13)22)21-26(24,25)16-5-6-17-14(10-16)11-19(23)20-17/h3-7,9-10,12,21H,2,8,11H2,1H3,(H,20,23). The van der Waals surface area contributed by atoms with E-state index in [0.717, 1.165) is 23.9 Å². The molecule has 0 unspecified atom stereocenters. The van der Waals surface area contributed by atoms with Gasteiger partial charge in [0.15, 0.2) is 0 Å².